The molecule has 0 spiro atoms. The highest BCUT2D eigenvalue weighted by Crippen LogP contribution is 2.31. The molecule has 42 heavy (non-hydrogen) atoms. The molecule has 7 atom stereocenters. The van der Waals surface area contributed by atoms with Crippen molar-refractivity contribution in [2.24, 2.45) is 0 Å². The summed E-state index contributed by atoms with van der Waals surface area (Å²) in [5.41, 5.74) is 2.16. The number of hydrogen-bond donors (Lipinski definition) is 0. The van der Waals surface area contributed by atoms with Crippen LogP contribution in [0.2, 0.25) is 0 Å². The zero-order chi connectivity index (χ0) is 29.0. The average molecular weight is 575 g/mol. The first-order valence-corrected chi connectivity index (χ1v) is 15.2. The van der Waals surface area contributed by atoms with Crippen molar-refractivity contribution in [1.82, 2.24) is 0 Å². The second-order valence-corrected chi connectivity index (χ2v) is 11.2. The van der Waals surface area contributed by atoms with Gasteiger partial charge in [-0.05, 0) is 49.3 Å². The molecule has 0 saturated carbocycles. The standard InChI is InChI=1S/C35H42O7/c1-26(36)40-33-20-19-30(25-37-23-27-12-5-2-6-13-27)42-35(33)34(39-24-28-14-7-3-8-15-28)22-29-16-9-4-10-17-31-32(41-29)18-11-21-38-31/h2-8,10,12-15,29-35H,11,17-25H2,1H3/b10-4-/t29-,30-,31+,32-,33+,34+,35-/m0/s1. The summed E-state index contributed by atoms with van der Waals surface area (Å²) < 4.78 is 37.7. The second kappa shape index (κ2) is 16.0. The minimum atomic E-state index is -0.497. The molecule has 2 fully saturated rings. The van der Waals surface area contributed by atoms with Crippen molar-refractivity contribution in [3.05, 3.63) is 83.9 Å². The molecule has 3 heterocycles. The van der Waals surface area contributed by atoms with Crippen molar-refractivity contribution in [2.75, 3.05) is 13.2 Å². The Morgan fingerprint density at radius 2 is 1.71 bits per heavy atom. The van der Waals surface area contributed by atoms with Gasteiger partial charge in [0, 0.05) is 20.0 Å². The first kappa shape index (κ1) is 30.5. The van der Waals surface area contributed by atoms with Gasteiger partial charge in [0.1, 0.15) is 18.3 Å². The van der Waals surface area contributed by atoms with Crippen LogP contribution in [-0.4, -0.2) is 61.9 Å². The van der Waals surface area contributed by atoms with E-state index in [1.807, 2.05) is 66.7 Å². The second-order valence-electron chi connectivity index (χ2n) is 11.2. The van der Waals surface area contributed by atoms with E-state index in [-0.39, 0.29) is 30.4 Å². The summed E-state index contributed by atoms with van der Waals surface area (Å²) in [7, 11) is 0. The molecule has 0 aliphatic carbocycles. The van der Waals surface area contributed by atoms with E-state index in [9.17, 15) is 4.79 Å². The van der Waals surface area contributed by atoms with E-state index >= 15 is 0 Å². The Morgan fingerprint density at radius 3 is 2.48 bits per heavy atom. The number of allylic oxidation sites excluding steroid dienone is 1. The predicted octanol–water partition coefficient (Wildman–Crippen LogP) is 5.55. The van der Waals surface area contributed by atoms with E-state index in [2.05, 4.69) is 17.9 Å². The van der Waals surface area contributed by atoms with E-state index in [1.165, 1.54) is 6.92 Å². The first-order chi connectivity index (χ1) is 20.6. The van der Waals surface area contributed by atoms with E-state index in [0.717, 1.165) is 43.4 Å². The number of rotatable bonds is 11. The Kier molecular flexibility index (Phi) is 11.6. The van der Waals surface area contributed by atoms with Crippen LogP contribution in [0.25, 0.3) is 0 Å². The van der Waals surface area contributed by atoms with Crippen LogP contribution in [0.15, 0.2) is 72.8 Å². The van der Waals surface area contributed by atoms with E-state index in [0.29, 0.717) is 32.7 Å². The maximum Gasteiger partial charge on any atom is 0.302 e. The fourth-order valence-corrected chi connectivity index (χ4v) is 5.80. The van der Waals surface area contributed by atoms with Crippen molar-refractivity contribution in [2.45, 2.75) is 101 Å². The predicted molar refractivity (Wildman–Crippen MR) is 158 cm³/mol. The number of fused-ring (bicyclic) bond motifs is 1. The molecular weight excluding hydrogens is 532 g/mol. The summed E-state index contributed by atoms with van der Waals surface area (Å²) in [6, 6.07) is 20.1. The molecule has 0 bridgehead atoms. The largest absolute Gasteiger partial charge is 0.460 e. The number of hydrogen-bond acceptors (Lipinski definition) is 7. The first-order valence-electron chi connectivity index (χ1n) is 15.2. The zero-order valence-electron chi connectivity index (χ0n) is 24.4. The van der Waals surface area contributed by atoms with E-state index in [1.54, 1.807) is 0 Å². The summed E-state index contributed by atoms with van der Waals surface area (Å²) in [5.74, 6) is 6.12. The number of benzene rings is 2. The SMILES string of the molecule is CC(=O)O[C@@H]1CC[C@@H](COCc2ccccc2)O[C@@H]1[C@@H](C[C@@H]1C#C/C=C\C[C@H]2OCCC[C@@H]2O1)OCc1ccccc1. The molecule has 3 aliphatic heterocycles. The number of carbonyl (C=O) groups excluding carboxylic acids is 1. The molecule has 5 rings (SSSR count). The fraction of sp³-hybridized carbons (Fsp3) is 0.514. The maximum atomic E-state index is 12.1. The quantitative estimate of drug-likeness (QED) is 0.257. The third kappa shape index (κ3) is 9.26. The summed E-state index contributed by atoms with van der Waals surface area (Å²) in [4.78, 5) is 12.1. The Balaban J connectivity index is 1.33. The average Bonchev–Trinajstić information content (AvgIpc) is 3.11. The van der Waals surface area contributed by atoms with Gasteiger partial charge in [-0.3, -0.25) is 4.79 Å². The molecule has 0 aromatic heterocycles. The smallest absolute Gasteiger partial charge is 0.302 e. The van der Waals surface area contributed by atoms with Gasteiger partial charge < -0.3 is 28.4 Å². The summed E-state index contributed by atoms with van der Waals surface area (Å²) in [5, 5.41) is 0. The fourth-order valence-electron chi connectivity index (χ4n) is 5.80. The monoisotopic (exact) mass is 574 g/mol. The molecule has 224 valence electrons. The molecule has 7 heteroatoms. The lowest BCUT2D eigenvalue weighted by atomic mass is 9.93. The number of carbonyl (C=O) groups is 1. The van der Waals surface area contributed by atoms with Gasteiger partial charge in [0.2, 0.25) is 0 Å². The third-order valence-corrected chi connectivity index (χ3v) is 7.87. The minimum absolute atomic E-state index is 0.00811. The molecule has 2 aromatic rings. The Bertz CT molecular complexity index is 1190. The van der Waals surface area contributed by atoms with Gasteiger partial charge in [0.15, 0.2) is 0 Å². The normalized spacial score (nSPS) is 29.0. The topological polar surface area (TPSA) is 72.5 Å². The van der Waals surface area contributed by atoms with Crippen LogP contribution >= 0.6 is 0 Å². The van der Waals surface area contributed by atoms with Crippen LogP contribution < -0.4 is 0 Å². The lowest BCUT2D eigenvalue weighted by molar-refractivity contribution is -0.208. The van der Waals surface area contributed by atoms with Gasteiger partial charge in [-0.1, -0.05) is 78.6 Å². The molecule has 7 nitrogen and oxygen atoms in total. The van der Waals surface area contributed by atoms with Gasteiger partial charge in [-0.15, -0.1) is 0 Å². The van der Waals surface area contributed by atoms with Gasteiger partial charge in [0.05, 0.1) is 44.2 Å². The van der Waals surface area contributed by atoms with Crippen molar-refractivity contribution >= 4 is 5.97 Å². The van der Waals surface area contributed by atoms with Crippen LogP contribution in [0.3, 0.4) is 0 Å². The van der Waals surface area contributed by atoms with Gasteiger partial charge >= 0.3 is 5.97 Å². The van der Waals surface area contributed by atoms with Crippen molar-refractivity contribution in [3.63, 3.8) is 0 Å². The highest BCUT2D eigenvalue weighted by molar-refractivity contribution is 5.66. The lowest BCUT2D eigenvalue weighted by Crippen LogP contribution is -2.51. The Hall–Kier alpha value is -2.99. The molecule has 0 N–H and O–H groups in total. The molecule has 3 aliphatic rings. The number of ether oxygens (including phenoxy) is 6. The Labute approximate surface area is 249 Å². The third-order valence-electron chi connectivity index (χ3n) is 7.87. The van der Waals surface area contributed by atoms with Crippen molar-refractivity contribution < 1.29 is 33.2 Å². The Morgan fingerprint density at radius 1 is 0.952 bits per heavy atom. The van der Waals surface area contributed by atoms with Crippen LogP contribution in [0.1, 0.15) is 56.6 Å². The molecule has 0 unspecified atom stereocenters. The van der Waals surface area contributed by atoms with E-state index in [4.69, 9.17) is 28.4 Å². The van der Waals surface area contributed by atoms with Crippen molar-refractivity contribution in [1.29, 1.82) is 0 Å². The minimum Gasteiger partial charge on any atom is -0.460 e. The summed E-state index contributed by atoms with van der Waals surface area (Å²) >= 11 is 0. The maximum absolute atomic E-state index is 12.1. The summed E-state index contributed by atoms with van der Waals surface area (Å²) in [6.45, 7) is 3.53. The molecule has 0 amide bonds. The lowest BCUT2D eigenvalue weighted by Gasteiger charge is -2.41. The van der Waals surface area contributed by atoms with Crippen LogP contribution in [-0.2, 0) is 46.4 Å². The molecule has 2 saturated heterocycles. The van der Waals surface area contributed by atoms with Gasteiger partial charge in [-0.2, -0.15) is 0 Å². The van der Waals surface area contributed by atoms with Crippen LogP contribution in [0.5, 0.6) is 0 Å². The van der Waals surface area contributed by atoms with Gasteiger partial charge in [0.25, 0.3) is 0 Å². The zero-order valence-corrected chi connectivity index (χ0v) is 24.4. The molecule has 2 aromatic carbocycles. The molecule has 0 radical (unpaired) electrons. The van der Waals surface area contributed by atoms with Crippen LogP contribution in [0, 0.1) is 11.8 Å². The van der Waals surface area contributed by atoms with Gasteiger partial charge in [-0.25, -0.2) is 0 Å². The van der Waals surface area contributed by atoms with Crippen molar-refractivity contribution in [3.8, 4) is 11.8 Å². The number of esters is 1. The van der Waals surface area contributed by atoms with Crippen LogP contribution in [0.4, 0.5) is 0 Å². The highest BCUT2D eigenvalue weighted by atomic mass is 16.6. The summed E-state index contributed by atoms with van der Waals surface area (Å²) in [6.07, 6.45) is 6.54. The molecular formula is C35H42O7. The highest BCUT2D eigenvalue weighted by Gasteiger charge is 2.41. The van der Waals surface area contributed by atoms with E-state index < -0.39 is 18.3 Å².